The minimum Gasteiger partial charge on any atom is -0.457 e. The van der Waals surface area contributed by atoms with Crippen molar-refractivity contribution < 1.29 is 44.2 Å². The van der Waals surface area contributed by atoms with Crippen LogP contribution in [0.1, 0.15) is 258 Å². The summed E-state index contributed by atoms with van der Waals surface area (Å²) in [6.45, 7) is 4.49. The second-order valence-electron chi connectivity index (χ2n) is 19.4. The molecule has 4 N–H and O–H groups in total. The Balaban J connectivity index is 2.13. The van der Waals surface area contributed by atoms with Crippen molar-refractivity contribution in [3.05, 3.63) is 36.5 Å². The summed E-state index contributed by atoms with van der Waals surface area (Å²) in [4.78, 5) is 12.8. The fraction of sp³-hybridized carbons (Fsp3) is 0.877. The van der Waals surface area contributed by atoms with E-state index in [1.807, 2.05) is 0 Å². The van der Waals surface area contributed by atoms with Crippen LogP contribution in [0.5, 0.6) is 0 Å². The van der Waals surface area contributed by atoms with Gasteiger partial charge in [0.15, 0.2) is 6.29 Å². The van der Waals surface area contributed by atoms with Crippen LogP contribution in [-0.4, -0.2) is 89.6 Å². The lowest BCUT2D eigenvalue weighted by atomic mass is 9.99. The predicted molar refractivity (Wildman–Crippen MR) is 275 cm³/mol. The summed E-state index contributed by atoms with van der Waals surface area (Å²) in [5.74, 6) is -0.319. The van der Waals surface area contributed by atoms with E-state index in [0.29, 0.717) is 13.0 Å². The van der Waals surface area contributed by atoms with Gasteiger partial charge in [-0.25, -0.2) is 0 Å². The molecular formula is C57H106O9. The molecule has 388 valence electrons. The molecule has 1 rings (SSSR count). The van der Waals surface area contributed by atoms with Crippen molar-refractivity contribution in [1.82, 2.24) is 0 Å². The second kappa shape index (κ2) is 48.4. The quantitative estimate of drug-likeness (QED) is 0.0267. The number of unbranched alkanes of at least 4 members (excludes halogenated alkanes) is 32. The van der Waals surface area contributed by atoms with Gasteiger partial charge in [-0.15, -0.1) is 0 Å². The van der Waals surface area contributed by atoms with E-state index in [1.165, 1.54) is 173 Å². The molecule has 1 saturated heterocycles. The Bertz CT molecular complexity index is 1110. The van der Waals surface area contributed by atoms with Crippen LogP contribution in [0.4, 0.5) is 0 Å². The highest BCUT2D eigenvalue weighted by molar-refractivity contribution is 5.69. The van der Waals surface area contributed by atoms with Crippen molar-refractivity contribution in [1.29, 1.82) is 0 Å². The molecule has 0 spiro atoms. The third-order valence-electron chi connectivity index (χ3n) is 13.1. The van der Waals surface area contributed by atoms with Gasteiger partial charge in [0.2, 0.25) is 0 Å². The molecule has 1 aliphatic rings. The number of ether oxygens (including phenoxy) is 4. The molecule has 1 aliphatic heterocycles. The summed E-state index contributed by atoms with van der Waals surface area (Å²) in [5.41, 5.74) is 0. The van der Waals surface area contributed by atoms with Crippen LogP contribution < -0.4 is 0 Å². The van der Waals surface area contributed by atoms with E-state index in [4.69, 9.17) is 18.9 Å². The van der Waals surface area contributed by atoms with Crippen LogP contribution in [0, 0.1) is 0 Å². The normalized spacial score (nSPS) is 19.5. The molecular weight excluding hydrogens is 829 g/mol. The lowest BCUT2D eigenvalue weighted by Crippen LogP contribution is -2.59. The predicted octanol–water partition coefficient (Wildman–Crippen LogP) is 14.3. The van der Waals surface area contributed by atoms with Crippen LogP contribution in [-0.2, 0) is 23.7 Å². The number of rotatable bonds is 49. The number of carbonyl (C=O) groups excluding carboxylic acids is 1. The van der Waals surface area contributed by atoms with Gasteiger partial charge in [-0.1, -0.05) is 243 Å². The average molecular weight is 935 g/mol. The van der Waals surface area contributed by atoms with Gasteiger partial charge in [-0.2, -0.15) is 0 Å². The lowest BCUT2D eigenvalue weighted by Gasteiger charge is -2.39. The fourth-order valence-corrected chi connectivity index (χ4v) is 8.74. The number of aliphatic hydroxyl groups is 4. The molecule has 0 amide bonds. The molecule has 1 heterocycles. The van der Waals surface area contributed by atoms with Crippen LogP contribution >= 0.6 is 0 Å². The number of hydrogen-bond acceptors (Lipinski definition) is 9. The van der Waals surface area contributed by atoms with E-state index < -0.39 is 43.4 Å². The average Bonchev–Trinajstić information content (AvgIpc) is 3.32. The summed E-state index contributed by atoms with van der Waals surface area (Å²) in [6.07, 6.45) is 53.4. The maximum absolute atomic E-state index is 12.8. The Morgan fingerprint density at radius 1 is 0.500 bits per heavy atom. The zero-order valence-electron chi connectivity index (χ0n) is 43.0. The lowest BCUT2D eigenvalue weighted by molar-refractivity contribution is -0.305. The van der Waals surface area contributed by atoms with E-state index in [2.05, 4.69) is 50.3 Å². The second-order valence-corrected chi connectivity index (χ2v) is 19.4. The third-order valence-corrected chi connectivity index (χ3v) is 13.1. The van der Waals surface area contributed by atoms with Crippen molar-refractivity contribution >= 4 is 5.97 Å². The molecule has 0 radical (unpaired) electrons. The zero-order valence-corrected chi connectivity index (χ0v) is 43.0. The van der Waals surface area contributed by atoms with Gasteiger partial charge in [0.05, 0.1) is 19.8 Å². The Morgan fingerprint density at radius 3 is 1.39 bits per heavy atom. The smallest absolute Gasteiger partial charge is 0.306 e. The van der Waals surface area contributed by atoms with Gasteiger partial charge < -0.3 is 39.4 Å². The van der Waals surface area contributed by atoms with Gasteiger partial charge in [-0.05, 0) is 44.9 Å². The molecule has 0 aromatic rings. The number of carbonyl (C=O) groups is 1. The Hall–Kier alpha value is -1.59. The minimum absolute atomic E-state index is 0.115. The highest BCUT2D eigenvalue weighted by atomic mass is 16.7. The molecule has 6 unspecified atom stereocenters. The molecule has 9 nitrogen and oxygen atoms in total. The van der Waals surface area contributed by atoms with Gasteiger partial charge in [0.25, 0.3) is 0 Å². The fourth-order valence-electron chi connectivity index (χ4n) is 8.74. The van der Waals surface area contributed by atoms with Gasteiger partial charge in [0, 0.05) is 13.0 Å². The first-order chi connectivity index (χ1) is 32.4. The molecule has 0 aromatic heterocycles. The highest BCUT2D eigenvalue weighted by Gasteiger charge is 2.44. The molecule has 6 atom stereocenters. The minimum atomic E-state index is -1.54. The van der Waals surface area contributed by atoms with Crippen LogP contribution in [0.2, 0.25) is 0 Å². The summed E-state index contributed by atoms with van der Waals surface area (Å²) in [6, 6.07) is 0. The van der Waals surface area contributed by atoms with E-state index in [-0.39, 0.29) is 19.2 Å². The number of allylic oxidation sites excluding steroid dienone is 6. The van der Waals surface area contributed by atoms with Gasteiger partial charge in [0.1, 0.15) is 30.5 Å². The maximum Gasteiger partial charge on any atom is 0.306 e. The monoisotopic (exact) mass is 935 g/mol. The Kier molecular flexibility index (Phi) is 45.8. The molecule has 9 heteroatoms. The van der Waals surface area contributed by atoms with Crippen LogP contribution in [0.15, 0.2) is 36.5 Å². The molecule has 1 fully saturated rings. The Labute approximate surface area is 406 Å². The number of aliphatic hydroxyl groups excluding tert-OH is 4. The number of hydrogen-bond donors (Lipinski definition) is 4. The first-order valence-electron chi connectivity index (χ1n) is 28.1. The van der Waals surface area contributed by atoms with E-state index in [0.717, 1.165) is 64.2 Å². The first kappa shape index (κ1) is 62.4. The maximum atomic E-state index is 12.8. The van der Waals surface area contributed by atoms with Crippen molar-refractivity contribution in [3.8, 4) is 0 Å². The summed E-state index contributed by atoms with van der Waals surface area (Å²) in [7, 11) is 0. The molecule has 0 aliphatic carbocycles. The van der Waals surface area contributed by atoms with Crippen LogP contribution in [0.25, 0.3) is 0 Å². The zero-order chi connectivity index (χ0) is 47.8. The highest BCUT2D eigenvalue weighted by Crippen LogP contribution is 2.23. The largest absolute Gasteiger partial charge is 0.457 e. The van der Waals surface area contributed by atoms with Crippen molar-refractivity contribution in [3.63, 3.8) is 0 Å². The first-order valence-corrected chi connectivity index (χ1v) is 28.1. The molecule has 66 heavy (non-hydrogen) atoms. The topological polar surface area (TPSA) is 135 Å². The summed E-state index contributed by atoms with van der Waals surface area (Å²) < 4.78 is 22.9. The van der Waals surface area contributed by atoms with E-state index >= 15 is 0 Å². The summed E-state index contributed by atoms with van der Waals surface area (Å²) in [5, 5.41) is 40.3. The van der Waals surface area contributed by atoms with Crippen molar-refractivity contribution in [2.45, 2.75) is 295 Å². The standard InChI is InChI=1S/C57H106O9/c1-3-5-7-9-11-13-15-17-19-21-22-23-24-25-26-27-28-29-31-33-35-37-39-41-43-45-47-63-49-51(50-64-57-56(62)55(61)54(60)52(48-58)66-57)65-53(59)46-44-42-40-38-36-34-32-30-20-18-16-14-12-10-8-6-4-2/h6,8,12,14,18,20,51-52,54-58,60-62H,3-5,7,9-11,13,15-17,19,21-50H2,1-2H3/b8-6-,14-12-,20-18-. The number of esters is 1. The van der Waals surface area contributed by atoms with E-state index in [1.54, 1.807) is 0 Å². The summed E-state index contributed by atoms with van der Waals surface area (Å²) >= 11 is 0. The Morgan fingerprint density at radius 2 is 0.924 bits per heavy atom. The molecule has 0 saturated carbocycles. The van der Waals surface area contributed by atoms with E-state index in [9.17, 15) is 25.2 Å². The SMILES string of the molecule is CC/C=C\C/C=C\C/C=C\CCCCCCCCCC(=O)OC(COCCCCCCCCCCCCCCCCCCCCCCCCCCCC)COC1OC(CO)C(O)C(O)C1O. The van der Waals surface area contributed by atoms with Gasteiger partial charge in [-0.3, -0.25) is 4.79 Å². The van der Waals surface area contributed by atoms with Crippen LogP contribution in [0.3, 0.4) is 0 Å². The third kappa shape index (κ3) is 38.3. The molecule has 0 aromatic carbocycles. The van der Waals surface area contributed by atoms with Crippen molar-refractivity contribution in [2.75, 3.05) is 26.4 Å². The van der Waals surface area contributed by atoms with Crippen molar-refractivity contribution in [2.24, 2.45) is 0 Å². The molecule has 0 bridgehead atoms. The van der Waals surface area contributed by atoms with Gasteiger partial charge >= 0.3 is 5.97 Å².